The number of hydrogen-bond acceptors (Lipinski definition) is 9. The van der Waals surface area contributed by atoms with E-state index in [1.165, 1.54) is 30.6 Å². The SMILES string of the molecule is O=C(O)c1cccc2c1OB(O)[C@@H](CC(=O)C(NC(=O)c1c[nH]c3cccnc3c1=O)c1ccc(O)c(O)c1Cl)C2. The van der Waals surface area contributed by atoms with Gasteiger partial charge in [-0.15, -0.1) is 0 Å². The van der Waals surface area contributed by atoms with E-state index in [0.29, 0.717) is 11.1 Å². The number of amides is 1. The zero-order chi connectivity index (χ0) is 29.4. The number of nitrogens with one attached hydrogen (secondary N) is 2. The van der Waals surface area contributed by atoms with Gasteiger partial charge in [0.05, 0.1) is 16.1 Å². The first-order chi connectivity index (χ1) is 19.6. The number of benzene rings is 2. The van der Waals surface area contributed by atoms with Crippen LogP contribution in [0.3, 0.4) is 0 Å². The molecule has 0 saturated carbocycles. The quantitative estimate of drug-likeness (QED) is 0.140. The molecule has 5 rings (SSSR count). The van der Waals surface area contributed by atoms with Crippen molar-refractivity contribution < 1.29 is 39.4 Å². The molecule has 2 atom stereocenters. The highest BCUT2D eigenvalue weighted by molar-refractivity contribution is 6.47. The normalized spacial score (nSPS) is 15.1. The van der Waals surface area contributed by atoms with Gasteiger partial charge in [0, 0.05) is 30.2 Å². The number of nitrogens with zero attached hydrogens (tertiary/aromatic N) is 1. The Bertz CT molecular complexity index is 1780. The number of rotatable bonds is 7. The fourth-order valence-corrected chi connectivity index (χ4v) is 5.02. The average molecular weight is 578 g/mol. The van der Waals surface area contributed by atoms with Crippen LogP contribution in [0.2, 0.25) is 10.8 Å². The molecule has 0 spiro atoms. The van der Waals surface area contributed by atoms with Crippen molar-refractivity contribution in [2.75, 3.05) is 0 Å². The van der Waals surface area contributed by atoms with Crippen LogP contribution >= 0.6 is 11.6 Å². The second kappa shape index (κ2) is 10.9. The monoisotopic (exact) mass is 577 g/mol. The molecule has 0 fully saturated rings. The number of pyridine rings is 2. The molecule has 1 aliphatic rings. The number of carboxylic acids is 1. The van der Waals surface area contributed by atoms with Gasteiger partial charge in [0.1, 0.15) is 22.9 Å². The van der Waals surface area contributed by atoms with Crippen molar-refractivity contribution in [2.45, 2.75) is 24.7 Å². The Labute approximate surface area is 236 Å². The number of carbonyl (C=O) groups is 3. The number of para-hydroxylation sites is 1. The van der Waals surface area contributed by atoms with Crippen LogP contribution in [-0.2, 0) is 11.2 Å². The van der Waals surface area contributed by atoms with E-state index in [9.17, 15) is 39.5 Å². The molecule has 0 saturated heterocycles. The fraction of sp³-hybridized carbons (Fsp3) is 0.148. The molecule has 2 aromatic heterocycles. The molecule has 1 aliphatic heterocycles. The van der Waals surface area contributed by atoms with Crippen LogP contribution in [-0.4, -0.2) is 55.1 Å². The number of halogens is 1. The second-order valence-electron chi connectivity index (χ2n) is 9.42. The van der Waals surface area contributed by atoms with E-state index in [4.69, 9.17) is 16.3 Å². The number of aromatic nitrogens is 2. The van der Waals surface area contributed by atoms with Crippen LogP contribution in [0.4, 0.5) is 0 Å². The van der Waals surface area contributed by atoms with Crippen molar-refractivity contribution >= 4 is 47.4 Å². The predicted octanol–water partition coefficient (Wildman–Crippen LogP) is 2.60. The predicted molar refractivity (Wildman–Crippen MR) is 146 cm³/mol. The lowest BCUT2D eigenvalue weighted by Gasteiger charge is -2.29. The summed E-state index contributed by atoms with van der Waals surface area (Å²) in [6.07, 6.45) is 2.26. The van der Waals surface area contributed by atoms with E-state index in [0.717, 1.165) is 6.07 Å². The van der Waals surface area contributed by atoms with Crippen LogP contribution in [0.1, 0.15) is 44.3 Å². The van der Waals surface area contributed by atoms with Gasteiger partial charge in [-0.2, -0.15) is 0 Å². The molecule has 14 heteroatoms. The molecule has 6 N–H and O–H groups in total. The van der Waals surface area contributed by atoms with Gasteiger partial charge in [-0.25, -0.2) is 4.79 Å². The minimum absolute atomic E-state index is 0.00306. The molecule has 4 aromatic rings. The van der Waals surface area contributed by atoms with Crippen molar-refractivity contribution in [3.05, 3.63) is 92.4 Å². The smallest absolute Gasteiger partial charge is 0.526 e. The number of H-pyrrole nitrogens is 1. The molecule has 0 bridgehead atoms. The van der Waals surface area contributed by atoms with Gasteiger partial charge in [-0.3, -0.25) is 19.4 Å². The molecule has 0 radical (unpaired) electrons. The maximum absolute atomic E-state index is 13.7. The Kier molecular flexibility index (Phi) is 7.39. The van der Waals surface area contributed by atoms with Crippen molar-refractivity contribution in [2.24, 2.45) is 0 Å². The number of aromatic carboxylic acids is 1. The fourth-order valence-electron chi connectivity index (χ4n) is 4.75. The molecule has 41 heavy (non-hydrogen) atoms. The number of Topliss-reactive ketones (excluding diaryl/α,β-unsaturated/α-hetero) is 1. The maximum atomic E-state index is 13.7. The van der Waals surface area contributed by atoms with Crippen LogP contribution in [0.5, 0.6) is 17.2 Å². The second-order valence-corrected chi connectivity index (χ2v) is 9.79. The lowest BCUT2D eigenvalue weighted by atomic mass is 9.64. The van der Waals surface area contributed by atoms with Crippen molar-refractivity contribution in [1.82, 2.24) is 15.3 Å². The van der Waals surface area contributed by atoms with Crippen molar-refractivity contribution in [1.29, 1.82) is 0 Å². The Morgan fingerprint density at radius 2 is 1.93 bits per heavy atom. The number of hydrogen-bond donors (Lipinski definition) is 6. The number of phenols is 2. The topological polar surface area (TPSA) is 199 Å². The van der Waals surface area contributed by atoms with Crippen molar-refractivity contribution in [3.8, 4) is 17.2 Å². The van der Waals surface area contributed by atoms with E-state index >= 15 is 0 Å². The lowest BCUT2D eigenvalue weighted by Crippen LogP contribution is -2.40. The Balaban J connectivity index is 1.47. The number of ketones is 1. The molecule has 3 heterocycles. The third-order valence-electron chi connectivity index (χ3n) is 6.83. The molecular formula is C27H21BClN3O9. The zero-order valence-corrected chi connectivity index (χ0v) is 21.8. The maximum Gasteiger partial charge on any atom is 0.526 e. The Hall–Kier alpha value is -4.88. The number of phenolic OH excluding ortho intramolecular Hbond substituents is 2. The largest absolute Gasteiger partial charge is 0.535 e. The minimum atomic E-state index is -1.55. The number of carbonyl (C=O) groups excluding carboxylic acids is 2. The number of aromatic amines is 1. The standard InChI is InChI=1S/C27H21BClN3O9/c29-20-14(6-7-18(33)24(20)36)21(32-26(37)16-11-31-17-5-2-8-30-22(17)23(16)35)19(34)10-13-9-12-3-1-4-15(27(38)39)25(12)41-28(13)40/h1-8,11,13,21,33,36,40H,9-10H2,(H,31,35)(H,32,37)(H,38,39)/t13-,21?/m1/s1. The Morgan fingerprint density at radius 3 is 2.68 bits per heavy atom. The van der Waals surface area contributed by atoms with Crippen LogP contribution < -0.4 is 15.4 Å². The van der Waals surface area contributed by atoms with Gasteiger partial charge in [-0.05, 0) is 36.2 Å². The van der Waals surface area contributed by atoms with E-state index < -0.39 is 58.6 Å². The van der Waals surface area contributed by atoms with Crippen molar-refractivity contribution in [3.63, 3.8) is 0 Å². The molecular weight excluding hydrogens is 557 g/mol. The molecule has 1 amide bonds. The van der Waals surface area contributed by atoms with Gasteiger partial charge in [-0.1, -0.05) is 29.8 Å². The highest BCUT2D eigenvalue weighted by Crippen LogP contribution is 2.41. The molecule has 2 aromatic carbocycles. The lowest BCUT2D eigenvalue weighted by molar-refractivity contribution is -0.121. The summed E-state index contributed by atoms with van der Waals surface area (Å²) in [5.41, 5.74) is -0.387. The summed E-state index contributed by atoms with van der Waals surface area (Å²) in [5.74, 6) is -5.00. The third kappa shape index (κ3) is 5.20. The van der Waals surface area contributed by atoms with E-state index in [1.54, 1.807) is 18.2 Å². The first kappa shape index (κ1) is 27.7. The average Bonchev–Trinajstić information content (AvgIpc) is 2.95. The van der Waals surface area contributed by atoms with Gasteiger partial charge in [0.2, 0.25) is 5.43 Å². The number of fused-ring (bicyclic) bond motifs is 2. The van der Waals surface area contributed by atoms with Crippen LogP contribution in [0, 0.1) is 0 Å². The van der Waals surface area contributed by atoms with Gasteiger partial charge >= 0.3 is 13.1 Å². The molecule has 12 nitrogen and oxygen atoms in total. The summed E-state index contributed by atoms with van der Waals surface area (Å²) < 4.78 is 5.47. The highest BCUT2D eigenvalue weighted by Gasteiger charge is 2.40. The van der Waals surface area contributed by atoms with Crippen LogP contribution in [0.15, 0.2) is 59.7 Å². The van der Waals surface area contributed by atoms with E-state index in [-0.39, 0.29) is 40.8 Å². The number of aromatic hydroxyl groups is 2. The summed E-state index contributed by atoms with van der Waals surface area (Å²) in [6, 6.07) is 8.45. The third-order valence-corrected chi connectivity index (χ3v) is 7.23. The summed E-state index contributed by atoms with van der Waals surface area (Å²) in [7, 11) is -1.55. The van der Waals surface area contributed by atoms with Gasteiger partial charge < -0.3 is 35.3 Å². The zero-order valence-electron chi connectivity index (χ0n) is 21.0. The number of carboxylic acid groups (broad SMARTS) is 1. The van der Waals surface area contributed by atoms with E-state index in [2.05, 4.69) is 15.3 Å². The Morgan fingerprint density at radius 1 is 1.15 bits per heavy atom. The first-order valence-corrected chi connectivity index (χ1v) is 12.6. The molecule has 0 aliphatic carbocycles. The van der Waals surface area contributed by atoms with E-state index in [1.807, 2.05) is 0 Å². The van der Waals surface area contributed by atoms with Crippen LogP contribution in [0.25, 0.3) is 11.0 Å². The highest BCUT2D eigenvalue weighted by atomic mass is 35.5. The molecule has 1 unspecified atom stereocenters. The summed E-state index contributed by atoms with van der Waals surface area (Å²) >= 11 is 6.24. The molecule has 208 valence electrons. The minimum Gasteiger partial charge on any atom is -0.535 e. The summed E-state index contributed by atoms with van der Waals surface area (Å²) in [4.78, 5) is 58.3. The van der Waals surface area contributed by atoms with Gasteiger partial charge in [0.15, 0.2) is 17.3 Å². The first-order valence-electron chi connectivity index (χ1n) is 12.3. The van der Waals surface area contributed by atoms with Gasteiger partial charge in [0.25, 0.3) is 5.91 Å². The summed E-state index contributed by atoms with van der Waals surface area (Å²) in [6.45, 7) is 0. The summed E-state index contributed by atoms with van der Waals surface area (Å²) in [5, 5.41) is 42.2.